The molecule has 0 aromatic heterocycles. The van der Waals surface area contributed by atoms with Gasteiger partial charge in [0.1, 0.15) is 0 Å². The van der Waals surface area contributed by atoms with Crippen molar-refractivity contribution in [3.63, 3.8) is 0 Å². The molecular formula is C11H15Cl2NO. The fourth-order valence-electron chi connectivity index (χ4n) is 1.39. The predicted molar refractivity (Wildman–Crippen MR) is 66.0 cm³/mol. The van der Waals surface area contributed by atoms with Crippen LogP contribution in [-0.4, -0.2) is 24.3 Å². The van der Waals surface area contributed by atoms with Crippen LogP contribution in [0.2, 0.25) is 10.0 Å². The molecule has 0 spiro atoms. The summed E-state index contributed by atoms with van der Waals surface area (Å²) in [6, 6.07) is 5.41. The van der Waals surface area contributed by atoms with Crippen molar-refractivity contribution in [3.8, 4) is 0 Å². The van der Waals surface area contributed by atoms with Crippen molar-refractivity contribution >= 4 is 28.9 Å². The summed E-state index contributed by atoms with van der Waals surface area (Å²) in [6.45, 7) is 4.06. The van der Waals surface area contributed by atoms with Gasteiger partial charge in [-0.3, -0.25) is 0 Å². The zero-order valence-electron chi connectivity index (χ0n) is 9.09. The molecule has 15 heavy (non-hydrogen) atoms. The number of benzene rings is 1. The summed E-state index contributed by atoms with van der Waals surface area (Å²) >= 11 is 11.7. The van der Waals surface area contributed by atoms with Crippen LogP contribution in [0.3, 0.4) is 0 Å². The molecule has 0 bridgehead atoms. The Kier molecular flexibility index (Phi) is 3.87. The van der Waals surface area contributed by atoms with E-state index in [1.54, 1.807) is 26.0 Å². The molecule has 84 valence electrons. The molecule has 0 amide bonds. The first kappa shape index (κ1) is 12.6. The maximum atomic E-state index is 9.67. The summed E-state index contributed by atoms with van der Waals surface area (Å²) in [5.74, 6) is 0. The number of halogens is 2. The molecule has 2 nitrogen and oxygen atoms in total. The first-order chi connectivity index (χ1) is 6.79. The second kappa shape index (κ2) is 4.60. The number of nitrogens with zero attached hydrogens (tertiary/aromatic N) is 1. The van der Waals surface area contributed by atoms with Gasteiger partial charge in [0.2, 0.25) is 0 Å². The Bertz CT molecular complexity index is 347. The van der Waals surface area contributed by atoms with Crippen LogP contribution in [0.5, 0.6) is 0 Å². The van der Waals surface area contributed by atoms with Gasteiger partial charge in [0, 0.05) is 19.3 Å². The molecule has 4 heteroatoms. The molecule has 1 aromatic carbocycles. The summed E-state index contributed by atoms with van der Waals surface area (Å²) in [5, 5.41) is 10.7. The zero-order chi connectivity index (χ0) is 11.6. The maximum Gasteiger partial charge on any atom is 0.0765 e. The van der Waals surface area contributed by atoms with E-state index >= 15 is 0 Å². The van der Waals surface area contributed by atoms with Crippen molar-refractivity contribution in [3.05, 3.63) is 28.2 Å². The molecule has 0 fully saturated rings. The zero-order valence-corrected chi connectivity index (χ0v) is 10.6. The van der Waals surface area contributed by atoms with Crippen molar-refractivity contribution in [1.82, 2.24) is 0 Å². The van der Waals surface area contributed by atoms with E-state index in [-0.39, 0.29) is 0 Å². The largest absolute Gasteiger partial charge is 0.389 e. The van der Waals surface area contributed by atoms with Crippen LogP contribution in [0.15, 0.2) is 18.2 Å². The quantitative estimate of drug-likeness (QED) is 0.887. The van der Waals surface area contributed by atoms with Gasteiger partial charge < -0.3 is 10.0 Å². The van der Waals surface area contributed by atoms with E-state index in [4.69, 9.17) is 23.2 Å². The van der Waals surface area contributed by atoms with E-state index < -0.39 is 5.60 Å². The van der Waals surface area contributed by atoms with Gasteiger partial charge in [-0.1, -0.05) is 23.2 Å². The van der Waals surface area contributed by atoms with E-state index in [0.717, 1.165) is 5.69 Å². The van der Waals surface area contributed by atoms with Crippen LogP contribution >= 0.6 is 23.2 Å². The summed E-state index contributed by atoms with van der Waals surface area (Å²) in [7, 11) is 1.90. The Hall–Kier alpha value is -0.440. The van der Waals surface area contributed by atoms with Crippen molar-refractivity contribution in [2.45, 2.75) is 19.4 Å². The Morgan fingerprint density at radius 2 is 1.87 bits per heavy atom. The Labute approximate surface area is 100 Å². The number of hydrogen-bond donors (Lipinski definition) is 1. The van der Waals surface area contributed by atoms with E-state index in [1.165, 1.54) is 0 Å². The van der Waals surface area contributed by atoms with Gasteiger partial charge in [-0.15, -0.1) is 0 Å². The molecule has 0 aliphatic carbocycles. The molecule has 0 radical (unpaired) electrons. The van der Waals surface area contributed by atoms with Gasteiger partial charge in [-0.05, 0) is 32.0 Å². The minimum Gasteiger partial charge on any atom is -0.389 e. The van der Waals surface area contributed by atoms with Gasteiger partial charge >= 0.3 is 0 Å². The van der Waals surface area contributed by atoms with Gasteiger partial charge in [-0.2, -0.15) is 0 Å². The highest BCUT2D eigenvalue weighted by molar-refractivity contribution is 6.42. The molecule has 0 aliphatic heterocycles. The van der Waals surface area contributed by atoms with Gasteiger partial charge in [0.05, 0.1) is 15.6 Å². The van der Waals surface area contributed by atoms with Crippen LogP contribution in [0.1, 0.15) is 13.8 Å². The van der Waals surface area contributed by atoms with Crippen LogP contribution in [-0.2, 0) is 0 Å². The maximum absolute atomic E-state index is 9.67. The normalized spacial score (nSPS) is 11.6. The lowest BCUT2D eigenvalue weighted by Gasteiger charge is -2.27. The molecule has 1 N–H and O–H groups in total. The van der Waals surface area contributed by atoms with Crippen molar-refractivity contribution < 1.29 is 5.11 Å². The lowest BCUT2D eigenvalue weighted by atomic mass is 10.1. The number of rotatable bonds is 3. The minimum atomic E-state index is -0.735. The highest BCUT2D eigenvalue weighted by Crippen LogP contribution is 2.27. The lowest BCUT2D eigenvalue weighted by Crippen LogP contribution is -2.36. The second-order valence-corrected chi connectivity index (χ2v) is 5.08. The van der Waals surface area contributed by atoms with Crippen LogP contribution in [0.25, 0.3) is 0 Å². The third-order valence-electron chi connectivity index (χ3n) is 1.97. The molecule has 0 atom stereocenters. The fourth-order valence-corrected chi connectivity index (χ4v) is 1.69. The Morgan fingerprint density at radius 3 is 2.33 bits per heavy atom. The highest BCUT2D eigenvalue weighted by atomic mass is 35.5. The first-order valence-corrected chi connectivity index (χ1v) is 5.44. The second-order valence-electron chi connectivity index (χ2n) is 4.27. The number of hydrogen-bond acceptors (Lipinski definition) is 2. The van der Waals surface area contributed by atoms with E-state index in [9.17, 15) is 5.11 Å². The van der Waals surface area contributed by atoms with Gasteiger partial charge in [0.25, 0.3) is 0 Å². The van der Waals surface area contributed by atoms with Gasteiger partial charge in [-0.25, -0.2) is 0 Å². The number of aliphatic hydroxyl groups is 1. The molecule has 0 saturated carbocycles. The van der Waals surface area contributed by atoms with E-state index in [0.29, 0.717) is 16.6 Å². The average molecular weight is 248 g/mol. The van der Waals surface area contributed by atoms with E-state index in [1.807, 2.05) is 18.0 Å². The number of likely N-dealkylation sites (N-methyl/N-ethyl adjacent to an activating group) is 1. The standard InChI is InChI=1S/C11H15Cl2NO/c1-11(2,15)7-14(3)8-4-5-9(12)10(13)6-8/h4-6,15H,7H2,1-3H3. The molecule has 1 rings (SSSR count). The topological polar surface area (TPSA) is 23.5 Å². The fraction of sp³-hybridized carbons (Fsp3) is 0.455. The third kappa shape index (κ3) is 3.90. The number of anilines is 1. The average Bonchev–Trinajstić information content (AvgIpc) is 2.06. The summed E-state index contributed by atoms with van der Waals surface area (Å²) in [5.41, 5.74) is 0.201. The molecule has 0 unspecified atom stereocenters. The predicted octanol–water partition coefficient (Wildman–Crippen LogP) is 3.20. The van der Waals surface area contributed by atoms with E-state index in [2.05, 4.69) is 0 Å². The van der Waals surface area contributed by atoms with Crippen molar-refractivity contribution in [1.29, 1.82) is 0 Å². The van der Waals surface area contributed by atoms with Crippen molar-refractivity contribution in [2.24, 2.45) is 0 Å². The smallest absolute Gasteiger partial charge is 0.0765 e. The van der Waals surface area contributed by atoms with Crippen LogP contribution in [0, 0.1) is 0 Å². The Balaban J connectivity index is 2.83. The SMILES string of the molecule is CN(CC(C)(C)O)c1ccc(Cl)c(Cl)c1. The molecule has 0 saturated heterocycles. The molecular weight excluding hydrogens is 233 g/mol. The molecule has 1 aromatic rings. The summed E-state index contributed by atoms with van der Waals surface area (Å²) in [4.78, 5) is 1.93. The molecule has 0 heterocycles. The third-order valence-corrected chi connectivity index (χ3v) is 2.71. The lowest BCUT2D eigenvalue weighted by molar-refractivity contribution is 0.0886. The summed E-state index contributed by atoms with van der Waals surface area (Å²) < 4.78 is 0. The van der Waals surface area contributed by atoms with Crippen molar-refractivity contribution in [2.75, 3.05) is 18.5 Å². The Morgan fingerprint density at radius 1 is 1.27 bits per heavy atom. The highest BCUT2D eigenvalue weighted by Gasteiger charge is 2.16. The molecule has 0 aliphatic rings. The van der Waals surface area contributed by atoms with Crippen LogP contribution in [0.4, 0.5) is 5.69 Å². The first-order valence-electron chi connectivity index (χ1n) is 4.68. The monoisotopic (exact) mass is 247 g/mol. The minimum absolute atomic E-state index is 0.525. The van der Waals surface area contributed by atoms with Gasteiger partial charge in [0.15, 0.2) is 0 Å². The summed E-state index contributed by atoms with van der Waals surface area (Å²) in [6.07, 6.45) is 0. The van der Waals surface area contributed by atoms with Crippen LogP contribution < -0.4 is 4.90 Å².